The van der Waals surface area contributed by atoms with E-state index in [0.717, 1.165) is 11.1 Å². The predicted molar refractivity (Wildman–Crippen MR) is 90.5 cm³/mol. The Hall–Kier alpha value is -2.34. The van der Waals surface area contributed by atoms with Gasteiger partial charge in [0.25, 0.3) is 0 Å². The van der Waals surface area contributed by atoms with Crippen LogP contribution in [0.25, 0.3) is 11.1 Å². The monoisotopic (exact) mass is 330 g/mol. The van der Waals surface area contributed by atoms with E-state index in [-0.39, 0.29) is 5.92 Å². The molecule has 0 aliphatic rings. The van der Waals surface area contributed by atoms with Gasteiger partial charge in [-0.25, -0.2) is 13.4 Å². The van der Waals surface area contributed by atoms with Gasteiger partial charge >= 0.3 is 0 Å². The molecule has 0 spiro atoms. The van der Waals surface area contributed by atoms with Crippen LogP contribution in [0.5, 0.6) is 0 Å². The van der Waals surface area contributed by atoms with Crippen molar-refractivity contribution in [1.82, 2.24) is 4.98 Å². The van der Waals surface area contributed by atoms with Crippen molar-refractivity contribution in [3.63, 3.8) is 0 Å². The zero-order valence-corrected chi connectivity index (χ0v) is 13.8. The molecule has 0 aliphatic carbocycles. The Morgan fingerprint density at radius 3 is 2.57 bits per heavy atom. The Labute approximate surface area is 135 Å². The molecule has 3 rings (SSSR count). The zero-order valence-electron chi connectivity index (χ0n) is 13.0. The fourth-order valence-electron chi connectivity index (χ4n) is 2.39. The summed E-state index contributed by atoms with van der Waals surface area (Å²) in [6, 6.07) is 14.5. The summed E-state index contributed by atoms with van der Waals surface area (Å²) in [5, 5.41) is 3.18. The number of nitrogens with one attached hydrogen (secondary N) is 1. The number of oxazole rings is 1. The quantitative estimate of drug-likeness (QED) is 0.776. The highest BCUT2D eigenvalue weighted by Gasteiger charge is 2.16. The van der Waals surface area contributed by atoms with E-state index >= 15 is 0 Å². The number of nitrogens with zero attached hydrogens (tertiary/aromatic N) is 1. The lowest BCUT2D eigenvalue weighted by Gasteiger charge is -2.13. The molecule has 120 valence electrons. The molecule has 0 aliphatic heterocycles. The molecular weight excluding hydrogens is 312 g/mol. The van der Waals surface area contributed by atoms with Crippen molar-refractivity contribution >= 4 is 26.6 Å². The molecule has 1 heterocycles. The highest BCUT2D eigenvalue weighted by molar-refractivity contribution is 7.90. The standard InChI is InChI=1S/C17H18N2O3S/c1-12(17-19-13-7-3-5-9-15(13)22-17)11-18-14-8-4-6-10-16(14)23(2,20)21/h3-10,12,18H,11H2,1-2H3/t12-/m1/s1. The summed E-state index contributed by atoms with van der Waals surface area (Å²) in [6.07, 6.45) is 1.21. The number of rotatable bonds is 5. The van der Waals surface area contributed by atoms with Gasteiger partial charge in [-0.05, 0) is 24.3 Å². The number of anilines is 1. The minimum absolute atomic E-state index is 0.00927. The highest BCUT2D eigenvalue weighted by atomic mass is 32.2. The first-order valence-corrected chi connectivity index (χ1v) is 9.23. The van der Waals surface area contributed by atoms with Crippen LogP contribution in [-0.4, -0.2) is 26.2 Å². The summed E-state index contributed by atoms with van der Waals surface area (Å²) in [5.74, 6) is 0.644. The molecule has 1 N–H and O–H groups in total. The van der Waals surface area contributed by atoms with E-state index < -0.39 is 9.84 Å². The van der Waals surface area contributed by atoms with Crippen LogP contribution in [0.4, 0.5) is 5.69 Å². The SMILES string of the molecule is C[C@H](CNc1ccccc1S(C)(=O)=O)c1nc2ccccc2o1. The zero-order chi connectivity index (χ0) is 16.4. The molecule has 0 bridgehead atoms. The average Bonchev–Trinajstić information content (AvgIpc) is 2.96. The third kappa shape index (κ3) is 3.37. The largest absolute Gasteiger partial charge is 0.440 e. The summed E-state index contributed by atoms with van der Waals surface area (Å²) >= 11 is 0. The molecule has 23 heavy (non-hydrogen) atoms. The molecule has 1 aromatic heterocycles. The Morgan fingerprint density at radius 1 is 1.13 bits per heavy atom. The second kappa shape index (κ2) is 6.04. The van der Waals surface area contributed by atoms with Crippen molar-refractivity contribution in [3.8, 4) is 0 Å². The maximum absolute atomic E-state index is 11.8. The van der Waals surface area contributed by atoms with E-state index in [1.54, 1.807) is 24.3 Å². The van der Waals surface area contributed by atoms with E-state index in [4.69, 9.17) is 4.42 Å². The van der Waals surface area contributed by atoms with E-state index in [2.05, 4.69) is 10.3 Å². The first-order chi connectivity index (χ1) is 10.9. The van der Waals surface area contributed by atoms with E-state index in [9.17, 15) is 8.42 Å². The number of fused-ring (bicyclic) bond motifs is 1. The first kappa shape index (κ1) is 15.6. The van der Waals surface area contributed by atoms with Gasteiger partial charge in [-0.2, -0.15) is 0 Å². The van der Waals surface area contributed by atoms with Crippen LogP contribution in [0, 0.1) is 0 Å². The number of benzene rings is 2. The lowest BCUT2D eigenvalue weighted by Crippen LogP contribution is -2.12. The van der Waals surface area contributed by atoms with E-state index in [0.29, 0.717) is 23.0 Å². The minimum atomic E-state index is -3.27. The second-order valence-corrected chi connectivity index (χ2v) is 7.55. The van der Waals surface area contributed by atoms with Crippen molar-refractivity contribution in [2.24, 2.45) is 0 Å². The van der Waals surface area contributed by atoms with Gasteiger partial charge in [0.15, 0.2) is 21.3 Å². The molecular formula is C17H18N2O3S. The summed E-state index contributed by atoms with van der Waals surface area (Å²) in [6.45, 7) is 2.51. The molecule has 2 aromatic carbocycles. The van der Waals surface area contributed by atoms with Crippen LogP contribution in [0.15, 0.2) is 57.8 Å². The molecule has 0 saturated carbocycles. The van der Waals surface area contributed by atoms with Gasteiger partial charge in [0.1, 0.15) is 5.52 Å². The third-order valence-corrected chi connectivity index (χ3v) is 4.77. The van der Waals surface area contributed by atoms with Gasteiger partial charge in [0.2, 0.25) is 0 Å². The maximum atomic E-state index is 11.8. The van der Waals surface area contributed by atoms with Crippen molar-refractivity contribution in [2.75, 3.05) is 18.1 Å². The topological polar surface area (TPSA) is 72.2 Å². The van der Waals surface area contributed by atoms with Crippen LogP contribution in [-0.2, 0) is 9.84 Å². The average molecular weight is 330 g/mol. The van der Waals surface area contributed by atoms with Gasteiger partial charge in [0, 0.05) is 12.8 Å². The van der Waals surface area contributed by atoms with Crippen LogP contribution < -0.4 is 5.32 Å². The van der Waals surface area contributed by atoms with Crippen molar-refractivity contribution in [3.05, 3.63) is 54.4 Å². The molecule has 6 heteroatoms. The number of para-hydroxylation sites is 3. The van der Waals surface area contributed by atoms with Crippen LogP contribution >= 0.6 is 0 Å². The molecule has 3 aromatic rings. The van der Waals surface area contributed by atoms with E-state index in [1.165, 1.54) is 6.26 Å². The number of sulfone groups is 1. The van der Waals surface area contributed by atoms with Crippen LogP contribution in [0.3, 0.4) is 0 Å². The predicted octanol–water partition coefficient (Wildman–Crippen LogP) is 3.45. The summed E-state index contributed by atoms with van der Waals surface area (Å²) in [7, 11) is -3.27. The highest BCUT2D eigenvalue weighted by Crippen LogP contribution is 2.24. The van der Waals surface area contributed by atoms with Gasteiger partial charge in [-0.15, -0.1) is 0 Å². The van der Waals surface area contributed by atoms with Crippen LogP contribution in [0.1, 0.15) is 18.7 Å². The summed E-state index contributed by atoms with van der Waals surface area (Å²) in [4.78, 5) is 4.77. The number of hydrogen-bond donors (Lipinski definition) is 1. The minimum Gasteiger partial charge on any atom is -0.440 e. The number of aromatic nitrogens is 1. The normalized spacial score (nSPS) is 13.1. The summed E-state index contributed by atoms with van der Waals surface area (Å²) in [5.41, 5.74) is 2.18. The van der Waals surface area contributed by atoms with Gasteiger partial charge in [0.05, 0.1) is 16.5 Å². The fraction of sp³-hybridized carbons (Fsp3) is 0.235. The smallest absolute Gasteiger partial charge is 0.200 e. The Morgan fingerprint density at radius 2 is 1.83 bits per heavy atom. The van der Waals surface area contributed by atoms with E-state index in [1.807, 2.05) is 31.2 Å². The molecule has 5 nitrogen and oxygen atoms in total. The number of hydrogen-bond acceptors (Lipinski definition) is 5. The van der Waals surface area contributed by atoms with Gasteiger partial charge < -0.3 is 9.73 Å². The van der Waals surface area contributed by atoms with Crippen LogP contribution in [0.2, 0.25) is 0 Å². The Kier molecular flexibility index (Phi) is 4.09. The fourth-order valence-corrected chi connectivity index (χ4v) is 3.25. The molecule has 1 atom stereocenters. The Bertz CT molecular complexity index is 899. The second-order valence-electron chi connectivity index (χ2n) is 5.57. The summed E-state index contributed by atoms with van der Waals surface area (Å²) < 4.78 is 29.4. The molecule has 0 fully saturated rings. The molecule has 0 unspecified atom stereocenters. The van der Waals surface area contributed by atoms with Gasteiger partial charge in [-0.3, -0.25) is 0 Å². The molecule has 0 radical (unpaired) electrons. The maximum Gasteiger partial charge on any atom is 0.200 e. The van der Waals surface area contributed by atoms with Crippen molar-refractivity contribution in [1.29, 1.82) is 0 Å². The first-order valence-electron chi connectivity index (χ1n) is 7.33. The lowest BCUT2D eigenvalue weighted by atomic mass is 10.2. The molecule has 0 saturated heterocycles. The van der Waals surface area contributed by atoms with Gasteiger partial charge in [-0.1, -0.05) is 31.2 Å². The lowest BCUT2D eigenvalue weighted by molar-refractivity contribution is 0.494. The molecule has 0 amide bonds. The van der Waals surface area contributed by atoms with Crippen molar-refractivity contribution < 1.29 is 12.8 Å². The van der Waals surface area contributed by atoms with Crippen molar-refractivity contribution in [2.45, 2.75) is 17.7 Å². The Balaban J connectivity index is 1.78. The third-order valence-electron chi connectivity index (χ3n) is 3.62.